The van der Waals surface area contributed by atoms with Crippen molar-refractivity contribution >= 4 is 11.7 Å². The highest BCUT2D eigenvalue weighted by Gasteiger charge is 2.31. The predicted octanol–water partition coefficient (Wildman–Crippen LogP) is 1.23. The zero-order chi connectivity index (χ0) is 12.4. The highest BCUT2D eigenvalue weighted by molar-refractivity contribution is 5.94. The van der Waals surface area contributed by atoms with Crippen LogP contribution in [-0.2, 0) is 4.79 Å². The summed E-state index contributed by atoms with van der Waals surface area (Å²) in [5, 5.41) is 7.24. The van der Waals surface area contributed by atoms with Crippen LogP contribution in [0.3, 0.4) is 0 Å². The van der Waals surface area contributed by atoms with Crippen molar-refractivity contribution in [2.24, 2.45) is 11.7 Å². The third-order valence-corrected chi connectivity index (χ3v) is 3.54. The lowest BCUT2D eigenvalue weighted by molar-refractivity contribution is -0.117. The molecular formula is C12H20N4O. The number of hydrogen-bond donors (Lipinski definition) is 2. The molecule has 0 bridgehead atoms. The molecule has 2 heterocycles. The summed E-state index contributed by atoms with van der Waals surface area (Å²) in [5.74, 6) is 1.58. The van der Waals surface area contributed by atoms with E-state index in [0.29, 0.717) is 25.4 Å². The minimum Gasteiger partial charge on any atom is -0.330 e. The molecule has 2 atom stereocenters. The molecule has 1 aromatic heterocycles. The summed E-state index contributed by atoms with van der Waals surface area (Å²) in [4.78, 5) is 13.5. The maximum atomic E-state index is 11.8. The third-order valence-electron chi connectivity index (χ3n) is 3.54. The fourth-order valence-electron chi connectivity index (χ4n) is 2.10. The minimum absolute atomic E-state index is 0.127. The Kier molecular flexibility index (Phi) is 3.47. The topological polar surface area (TPSA) is 75.0 Å². The molecule has 1 fully saturated rings. The van der Waals surface area contributed by atoms with E-state index in [4.69, 9.17) is 5.73 Å². The van der Waals surface area contributed by atoms with Crippen molar-refractivity contribution in [3.05, 3.63) is 11.8 Å². The maximum Gasteiger partial charge on any atom is 0.228 e. The van der Waals surface area contributed by atoms with E-state index in [1.807, 2.05) is 6.07 Å². The molecule has 1 aliphatic heterocycles. The van der Waals surface area contributed by atoms with Gasteiger partial charge in [0, 0.05) is 24.7 Å². The van der Waals surface area contributed by atoms with E-state index in [2.05, 4.69) is 24.0 Å². The predicted molar refractivity (Wildman–Crippen MR) is 66.8 cm³/mol. The first-order valence-corrected chi connectivity index (χ1v) is 6.21. The number of H-pyrrole nitrogens is 1. The molecule has 5 heteroatoms. The van der Waals surface area contributed by atoms with Crippen LogP contribution < -0.4 is 10.6 Å². The van der Waals surface area contributed by atoms with Crippen LogP contribution >= 0.6 is 0 Å². The molecule has 2 rings (SSSR count). The molecule has 1 aliphatic rings. The number of carbonyl (C=O) groups is 1. The molecule has 3 N–H and O–H groups in total. The van der Waals surface area contributed by atoms with Gasteiger partial charge in [0.25, 0.3) is 0 Å². The Hall–Kier alpha value is -1.36. The summed E-state index contributed by atoms with van der Waals surface area (Å²) in [6, 6.07) is 1.98. The Bertz CT molecular complexity index is 401. The minimum atomic E-state index is 0.127. The lowest BCUT2D eigenvalue weighted by Gasteiger charge is -2.12. The number of carbonyl (C=O) groups excluding carboxylic acids is 1. The van der Waals surface area contributed by atoms with E-state index in [1.54, 1.807) is 4.90 Å². The average Bonchev–Trinajstić information content (AvgIpc) is 2.94. The molecule has 5 nitrogen and oxygen atoms in total. The summed E-state index contributed by atoms with van der Waals surface area (Å²) in [7, 11) is 0. The molecule has 1 aromatic rings. The quantitative estimate of drug-likeness (QED) is 0.825. The standard InChI is InChI=1S/C12H20N4O/c1-3-8(2)10-5-11(15-14-10)16-7-9(6-13)4-12(16)17/h5,8-9H,3-4,6-7,13H2,1-2H3,(H,14,15). The number of aromatic nitrogens is 2. The van der Waals surface area contributed by atoms with Crippen molar-refractivity contribution in [2.75, 3.05) is 18.0 Å². The van der Waals surface area contributed by atoms with Gasteiger partial charge < -0.3 is 5.73 Å². The monoisotopic (exact) mass is 236 g/mol. The van der Waals surface area contributed by atoms with Gasteiger partial charge in [-0.3, -0.25) is 14.8 Å². The number of amides is 1. The van der Waals surface area contributed by atoms with E-state index in [1.165, 1.54) is 0 Å². The molecule has 17 heavy (non-hydrogen) atoms. The molecule has 0 spiro atoms. The second-order valence-electron chi connectivity index (χ2n) is 4.80. The van der Waals surface area contributed by atoms with Crippen molar-refractivity contribution in [1.82, 2.24) is 10.2 Å². The van der Waals surface area contributed by atoms with Crippen LogP contribution in [0.15, 0.2) is 6.07 Å². The molecule has 94 valence electrons. The van der Waals surface area contributed by atoms with Crippen LogP contribution in [0.1, 0.15) is 38.3 Å². The molecule has 0 aliphatic carbocycles. The number of nitrogens with two attached hydrogens (primary N) is 1. The zero-order valence-electron chi connectivity index (χ0n) is 10.4. The van der Waals surface area contributed by atoms with Gasteiger partial charge in [-0.15, -0.1) is 0 Å². The van der Waals surface area contributed by atoms with Gasteiger partial charge in [-0.05, 0) is 24.8 Å². The van der Waals surface area contributed by atoms with Crippen molar-refractivity contribution in [1.29, 1.82) is 0 Å². The molecule has 0 saturated carbocycles. The summed E-state index contributed by atoms with van der Waals surface area (Å²) >= 11 is 0. The number of aromatic amines is 1. The first-order chi connectivity index (χ1) is 8.15. The third kappa shape index (κ3) is 2.34. The van der Waals surface area contributed by atoms with Crippen LogP contribution in [0.4, 0.5) is 5.82 Å². The summed E-state index contributed by atoms with van der Waals surface area (Å²) < 4.78 is 0. The van der Waals surface area contributed by atoms with Crippen LogP contribution in [0.5, 0.6) is 0 Å². The van der Waals surface area contributed by atoms with E-state index in [9.17, 15) is 4.79 Å². The lowest BCUT2D eigenvalue weighted by Crippen LogP contribution is -2.26. The average molecular weight is 236 g/mol. The normalized spacial score (nSPS) is 22.2. The summed E-state index contributed by atoms with van der Waals surface area (Å²) in [6.07, 6.45) is 1.60. The van der Waals surface area contributed by atoms with Crippen molar-refractivity contribution in [3.8, 4) is 0 Å². The van der Waals surface area contributed by atoms with E-state index in [-0.39, 0.29) is 11.8 Å². The first-order valence-electron chi connectivity index (χ1n) is 6.21. The van der Waals surface area contributed by atoms with Crippen molar-refractivity contribution < 1.29 is 4.79 Å². The Balaban J connectivity index is 2.12. The molecule has 1 amide bonds. The second kappa shape index (κ2) is 4.87. The Labute approximate surface area is 101 Å². The molecular weight excluding hydrogens is 216 g/mol. The summed E-state index contributed by atoms with van der Waals surface area (Å²) in [5.41, 5.74) is 6.69. The highest BCUT2D eigenvalue weighted by atomic mass is 16.2. The molecule has 0 aromatic carbocycles. The van der Waals surface area contributed by atoms with Gasteiger partial charge in [0.2, 0.25) is 5.91 Å². The van der Waals surface area contributed by atoms with Crippen LogP contribution in [-0.4, -0.2) is 29.2 Å². The van der Waals surface area contributed by atoms with Crippen molar-refractivity contribution in [2.45, 2.75) is 32.6 Å². The number of rotatable bonds is 4. The smallest absolute Gasteiger partial charge is 0.228 e. The maximum absolute atomic E-state index is 11.8. The Morgan fingerprint density at radius 2 is 2.47 bits per heavy atom. The van der Waals surface area contributed by atoms with Gasteiger partial charge in [0.15, 0.2) is 5.82 Å². The Morgan fingerprint density at radius 3 is 3.06 bits per heavy atom. The first kappa shape index (κ1) is 12.1. The fourth-order valence-corrected chi connectivity index (χ4v) is 2.10. The van der Waals surface area contributed by atoms with Gasteiger partial charge in [0.05, 0.1) is 0 Å². The number of hydrogen-bond acceptors (Lipinski definition) is 3. The lowest BCUT2D eigenvalue weighted by atomic mass is 10.1. The van der Waals surface area contributed by atoms with Gasteiger partial charge in [-0.1, -0.05) is 13.8 Å². The van der Waals surface area contributed by atoms with E-state index in [0.717, 1.165) is 17.9 Å². The van der Waals surface area contributed by atoms with Crippen LogP contribution in [0, 0.1) is 5.92 Å². The number of anilines is 1. The van der Waals surface area contributed by atoms with Gasteiger partial charge in [0.1, 0.15) is 0 Å². The zero-order valence-corrected chi connectivity index (χ0v) is 10.4. The number of nitrogens with zero attached hydrogens (tertiary/aromatic N) is 2. The van der Waals surface area contributed by atoms with E-state index < -0.39 is 0 Å². The van der Waals surface area contributed by atoms with E-state index >= 15 is 0 Å². The van der Waals surface area contributed by atoms with Crippen molar-refractivity contribution in [3.63, 3.8) is 0 Å². The number of nitrogens with one attached hydrogen (secondary N) is 1. The largest absolute Gasteiger partial charge is 0.330 e. The van der Waals surface area contributed by atoms with Gasteiger partial charge in [-0.2, -0.15) is 5.10 Å². The van der Waals surface area contributed by atoms with Crippen LogP contribution in [0.25, 0.3) is 0 Å². The van der Waals surface area contributed by atoms with Crippen LogP contribution in [0.2, 0.25) is 0 Å². The Morgan fingerprint density at radius 1 is 1.71 bits per heavy atom. The second-order valence-corrected chi connectivity index (χ2v) is 4.80. The molecule has 2 unspecified atom stereocenters. The SMILES string of the molecule is CCC(C)c1cc(N2CC(CN)CC2=O)n[nH]1. The highest BCUT2D eigenvalue weighted by Crippen LogP contribution is 2.26. The van der Waals surface area contributed by atoms with Gasteiger partial charge >= 0.3 is 0 Å². The summed E-state index contributed by atoms with van der Waals surface area (Å²) in [6.45, 7) is 5.54. The molecule has 0 radical (unpaired) electrons. The molecule has 1 saturated heterocycles. The fraction of sp³-hybridized carbons (Fsp3) is 0.667. The van der Waals surface area contributed by atoms with Gasteiger partial charge in [-0.25, -0.2) is 0 Å².